The number of carbonyl (C=O) groups is 1. The Labute approximate surface area is 115 Å². The maximum Gasteiger partial charge on any atom is 0.252 e. The van der Waals surface area contributed by atoms with Crippen LogP contribution in [-0.2, 0) is 0 Å². The van der Waals surface area contributed by atoms with E-state index in [2.05, 4.69) is 21.2 Å². The molecule has 1 N–H and O–H groups in total. The normalized spacial score (nSPS) is 19.3. The third-order valence-electron chi connectivity index (χ3n) is 3.01. The van der Waals surface area contributed by atoms with Crippen LogP contribution in [0, 0.1) is 12.8 Å². The Morgan fingerprint density at radius 2 is 2.41 bits per heavy atom. The first-order chi connectivity index (χ1) is 8.18. The summed E-state index contributed by atoms with van der Waals surface area (Å²) >= 11 is 5.44. The SMILES string of the molecule is Cc1cccc(C(=O)NC[C@H]2CCSC2)c1Br. The summed E-state index contributed by atoms with van der Waals surface area (Å²) < 4.78 is 0.901. The summed E-state index contributed by atoms with van der Waals surface area (Å²) in [6.07, 6.45) is 1.22. The number of benzene rings is 1. The molecule has 1 atom stereocenters. The molecule has 1 fully saturated rings. The molecule has 0 radical (unpaired) electrons. The second-order valence-corrected chi connectivity index (χ2v) is 6.32. The van der Waals surface area contributed by atoms with Crippen molar-refractivity contribution in [3.8, 4) is 0 Å². The van der Waals surface area contributed by atoms with Crippen LogP contribution in [-0.4, -0.2) is 24.0 Å². The second kappa shape index (κ2) is 5.91. The Balaban J connectivity index is 1.97. The third-order valence-corrected chi connectivity index (χ3v) is 5.30. The molecule has 1 aliphatic heterocycles. The molecule has 0 saturated carbocycles. The van der Waals surface area contributed by atoms with Gasteiger partial charge in [-0.05, 0) is 58.3 Å². The van der Waals surface area contributed by atoms with Crippen LogP contribution in [0.2, 0.25) is 0 Å². The van der Waals surface area contributed by atoms with Gasteiger partial charge in [0.1, 0.15) is 0 Å². The molecule has 1 aliphatic rings. The van der Waals surface area contributed by atoms with Gasteiger partial charge in [-0.25, -0.2) is 0 Å². The van der Waals surface area contributed by atoms with Gasteiger partial charge in [-0.2, -0.15) is 11.8 Å². The van der Waals surface area contributed by atoms with Gasteiger partial charge in [0.15, 0.2) is 0 Å². The molecule has 0 unspecified atom stereocenters. The van der Waals surface area contributed by atoms with Gasteiger partial charge < -0.3 is 5.32 Å². The fraction of sp³-hybridized carbons (Fsp3) is 0.462. The average Bonchev–Trinajstić information content (AvgIpc) is 2.82. The first-order valence-electron chi connectivity index (χ1n) is 5.79. The molecule has 1 amide bonds. The van der Waals surface area contributed by atoms with Crippen molar-refractivity contribution in [3.05, 3.63) is 33.8 Å². The molecule has 4 heteroatoms. The fourth-order valence-corrected chi connectivity index (χ4v) is 3.63. The maximum absolute atomic E-state index is 12.0. The van der Waals surface area contributed by atoms with E-state index in [1.807, 2.05) is 36.9 Å². The summed E-state index contributed by atoms with van der Waals surface area (Å²) in [5, 5.41) is 3.03. The molecule has 0 aliphatic carbocycles. The Bertz CT molecular complexity index is 416. The van der Waals surface area contributed by atoms with Crippen molar-refractivity contribution in [3.63, 3.8) is 0 Å². The van der Waals surface area contributed by atoms with Gasteiger partial charge in [-0.3, -0.25) is 4.79 Å². The van der Waals surface area contributed by atoms with E-state index < -0.39 is 0 Å². The zero-order valence-electron chi connectivity index (χ0n) is 9.83. The Morgan fingerprint density at radius 3 is 3.12 bits per heavy atom. The van der Waals surface area contributed by atoms with Crippen molar-refractivity contribution in [1.29, 1.82) is 0 Å². The van der Waals surface area contributed by atoms with E-state index in [0.29, 0.717) is 5.92 Å². The smallest absolute Gasteiger partial charge is 0.252 e. The molecular formula is C13H16BrNOS. The molecular weight excluding hydrogens is 298 g/mol. The zero-order valence-corrected chi connectivity index (χ0v) is 12.2. The van der Waals surface area contributed by atoms with Crippen LogP contribution in [0.5, 0.6) is 0 Å². The molecule has 1 heterocycles. The van der Waals surface area contributed by atoms with E-state index in [0.717, 1.165) is 22.1 Å². The maximum atomic E-state index is 12.0. The molecule has 0 spiro atoms. The van der Waals surface area contributed by atoms with E-state index in [1.54, 1.807) is 0 Å². The minimum atomic E-state index is 0.0254. The Kier molecular flexibility index (Phi) is 4.51. The number of amides is 1. The van der Waals surface area contributed by atoms with Gasteiger partial charge in [-0.1, -0.05) is 12.1 Å². The molecule has 0 aromatic heterocycles. The second-order valence-electron chi connectivity index (χ2n) is 4.38. The summed E-state index contributed by atoms with van der Waals surface area (Å²) in [5.74, 6) is 3.08. The number of carbonyl (C=O) groups excluding carboxylic acids is 1. The van der Waals surface area contributed by atoms with Crippen molar-refractivity contribution in [2.24, 2.45) is 5.92 Å². The zero-order chi connectivity index (χ0) is 12.3. The summed E-state index contributed by atoms with van der Waals surface area (Å²) in [7, 11) is 0. The van der Waals surface area contributed by atoms with E-state index in [9.17, 15) is 4.79 Å². The third kappa shape index (κ3) is 3.26. The highest BCUT2D eigenvalue weighted by atomic mass is 79.9. The van der Waals surface area contributed by atoms with Crippen molar-refractivity contribution in [2.45, 2.75) is 13.3 Å². The molecule has 2 nitrogen and oxygen atoms in total. The molecule has 92 valence electrons. The summed E-state index contributed by atoms with van der Waals surface area (Å²) in [6, 6.07) is 5.77. The Hall–Kier alpha value is -0.480. The lowest BCUT2D eigenvalue weighted by Gasteiger charge is -2.11. The molecule has 17 heavy (non-hydrogen) atoms. The lowest BCUT2D eigenvalue weighted by atomic mass is 10.1. The van der Waals surface area contributed by atoms with E-state index in [4.69, 9.17) is 0 Å². The molecule has 1 aromatic carbocycles. The van der Waals surface area contributed by atoms with Gasteiger partial charge in [0, 0.05) is 11.0 Å². The topological polar surface area (TPSA) is 29.1 Å². The number of aryl methyl sites for hydroxylation is 1. The van der Waals surface area contributed by atoms with Crippen molar-refractivity contribution >= 4 is 33.6 Å². The van der Waals surface area contributed by atoms with Gasteiger partial charge >= 0.3 is 0 Å². The first-order valence-corrected chi connectivity index (χ1v) is 7.74. The summed E-state index contributed by atoms with van der Waals surface area (Å²) in [4.78, 5) is 12.0. The van der Waals surface area contributed by atoms with Gasteiger partial charge in [0.2, 0.25) is 0 Å². The first kappa shape index (κ1) is 13.0. The van der Waals surface area contributed by atoms with Crippen LogP contribution >= 0.6 is 27.7 Å². The lowest BCUT2D eigenvalue weighted by molar-refractivity contribution is 0.0947. The number of rotatable bonds is 3. The molecule has 2 rings (SSSR count). The van der Waals surface area contributed by atoms with E-state index >= 15 is 0 Å². The Morgan fingerprint density at radius 1 is 1.59 bits per heavy atom. The summed E-state index contributed by atoms with van der Waals surface area (Å²) in [6.45, 7) is 2.79. The lowest BCUT2D eigenvalue weighted by Crippen LogP contribution is -2.29. The van der Waals surface area contributed by atoms with Crippen LogP contribution in [0.15, 0.2) is 22.7 Å². The monoisotopic (exact) mass is 313 g/mol. The number of hydrogen-bond acceptors (Lipinski definition) is 2. The van der Waals surface area contributed by atoms with Crippen LogP contribution in [0.1, 0.15) is 22.3 Å². The summed E-state index contributed by atoms with van der Waals surface area (Å²) in [5.41, 5.74) is 1.82. The quantitative estimate of drug-likeness (QED) is 0.928. The van der Waals surface area contributed by atoms with Crippen LogP contribution < -0.4 is 5.32 Å². The molecule has 1 saturated heterocycles. The van der Waals surface area contributed by atoms with E-state index in [1.165, 1.54) is 17.9 Å². The highest BCUT2D eigenvalue weighted by Gasteiger charge is 2.17. The number of hydrogen-bond donors (Lipinski definition) is 1. The predicted molar refractivity (Wildman–Crippen MR) is 76.6 cm³/mol. The fourth-order valence-electron chi connectivity index (χ4n) is 1.90. The van der Waals surface area contributed by atoms with Gasteiger partial charge in [-0.15, -0.1) is 0 Å². The van der Waals surface area contributed by atoms with Crippen LogP contribution in [0.25, 0.3) is 0 Å². The van der Waals surface area contributed by atoms with Crippen LogP contribution in [0.4, 0.5) is 0 Å². The standard InChI is InChI=1S/C13H16BrNOS/c1-9-3-2-4-11(12(9)14)13(16)15-7-10-5-6-17-8-10/h2-4,10H,5-8H2,1H3,(H,15,16)/t10-/m1/s1. The van der Waals surface area contributed by atoms with Crippen LogP contribution in [0.3, 0.4) is 0 Å². The minimum Gasteiger partial charge on any atom is -0.352 e. The average molecular weight is 314 g/mol. The highest BCUT2D eigenvalue weighted by Crippen LogP contribution is 2.23. The predicted octanol–water partition coefficient (Wildman–Crippen LogP) is 3.24. The highest BCUT2D eigenvalue weighted by molar-refractivity contribution is 9.10. The van der Waals surface area contributed by atoms with Crippen molar-refractivity contribution in [1.82, 2.24) is 5.32 Å². The molecule has 0 bridgehead atoms. The number of nitrogens with one attached hydrogen (secondary N) is 1. The van der Waals surface area contributed by atoms with E-state index in [-0.39, 0.29) is 5.91 Å². The van der Waals surface area contributed by atoms with Crippen molar-refractivity contribution in [2.75, 3.05) is 18.1 Å². The number of thioether (sulfide) groups is 1. The largest absolute Gasteiger partial charge is 0.352 e. The van der Waals surface area contributed by atoms with Gasteiger partial charge in [0.05, 0.1) is 5.56 Å². The van der Waals surface area contributed by atoms with Gasteiger partial charge in [0.25, 0.3) is 5.91 Å². The minimum absolute atomic E-state index is 0.0254. The molecule has 1 aromatic rings. The number of halogens is 1. The van der Waals surface area contributed by atoms with Crippen molar-refractivity contribution < 1.29 is 4.79 Å².